The van der Waals surface area contributed by atoms with Gasteiger partial charge in [-0.25, -0.2) is 0 Å². The summed E-state index contributed by atoms with van der Waals surface area (Å²) in [7, 11) is 0. The molecule has 1 aromatic carbocycles. The third kappa shape index (κ3) is 3.72. The minimum absolute atomic E-state index is 0.224. The van der Waals surface area contributed by atoms with E-state index < -0.39 is 12.1 Å². The van der Waals surface area contributed by atoms with Gasteiger partial charge in [0.1, 0.15) is 6.04 Å². The molecule has 2 atom stereocenters. The number of amides is 1. The Labute approximate surface area is 139 Å². The van der Waals surface area contributed by atoms with Crippen molar-refractivity contribution in [1.82, 2.24) is 0 Å². The molecule has 2 heterocycles. The topological polar surface area (TPSA) is 75.8 Å². The number of hydrogen-bond donors (Lipinski definition) is 2. The number of nitrogens with zero attached hydrogens (tertiary/aromatic N) is 1. The van der Waals surface area contributed by atoms with Gasteiger partial charge in [-0.1, -0.05) is 24.3 Å². The number of anilines is 1. The predicted molar refractivity (Wildman–Crippen MR) is 90.5 cm³/mol. The lowest BCUT2D eigenvalue weighted by molar-refractivity contribution is -0.119. The second-order valence-corrected chi connectivity index (χ2v) is 6.68. The highest BCUT2D eigenvalue weighted by molar-refractivity contribution is 7.09. The number of carbonyl (C=O) groups is 1. The number of benzene rings is 1. The van der Waals surface area contributed by atoms with E-state index in [9.17, 15) is 9.90 Å². The highest BCUT2D eigenvalue weighted by Gasteiger charge is 2.33. The molecule has 1 aliphatic heterocycles. The van der Waals surface area contributed by atoms with Crippen molar-refractivity contribution in [3.63, 3.8) is 0 Å². The van der Waals surface area contributed by atoms with Crippen LogP contribution in [0.3, 0.4) is 0 Å². The van der Waals surface area contributed by atoms with Crippen molar-refractivity contribution in [2.75, 3.05) is 18.1 Å². The lowest BCUT2D eigenvalue weighted by Gasteiger charge is -2.27. The van der Waals surface area contributed by atoms with Gasteiger partial charge in [-0.3, -0.25) is 4.79 Å². The third-order valence-electron chi connectivity index (χ3n) is 3.96. The molecule has 1 unspecified atom stereocenters. The molecule has 0 spiro atoms. The van der Waals surface area contributed by atoms with Crippen LogP contribution < -0.4 is 10.6 Å². The fourth-order valence-electron chi connectivity index (χ4n) is 2.90. The number of aliphatic hydroxyl groups is 1. The number of β-amino-alcohol motifs (C(OH)–C–C–N with tert-alkyl or cyclic N) is 1. The molecule has 6 heteroatoms. The zero-order chi connectivity index (χ0) is 16.2. The Morgan fingerprint density at radius 3 is 2.96 bits per heavy atom. The average Bonchev–Trinajstić information content (AvgIpc) is 3.16. The molecular formula is C17H20N2O3S. The van der Waals surface area contributed by atoms with Gasteiger partial charge in [-0.2, -0.15) is 0 Å². The first-order chi connectivity index (χ1) is 11.1. The molecule has 3 rings (SSSR count). The SMILES string of the molecule is NC(=O)[C@@H]1Cc2ccccc2N1CC(O)COCc1cccs1. The van der Waals surface area contributed by atoms with Gasteiger partial charge in [0.25, 0.3) is 0 Å². The van der Waals surface area contributed by atoms with E-state index in [1.165, 1.54) is 0 Å². The van der Waals surface area contributed by atoms with Gasteiger partial charge >= 0.3 is 0 Å². The predicted octanol–water partition coefficient (Wildman–Crippen LogP) is 1.54. The number of aliphatic hydroxyl groups excluding tert-OH is 1. The molecule has 0 aliphatic carbocycles. The van der Waals surface area contributed by atoms with E-state index in [0.29, 0.717) is 19.6 Å². The van der Waals surface area contributed by atoms with Gasteiger partial charge in [0.2, 0.25) is 5.91 Å². The summed E-state index contributed by atoms with van der Waals surface area (Å²) in [6.07, 6.45) is -0.0863. The van der Waals surface area contributed by atoms with E-state index in [0.717, 1.165) is 16.1 Å². The van der Waals surface area contributed by atoms with Gasteiger partial charge in [0.15, 0.2) is 0 Å². The van der Waals surface area contributed by atoms with Crippen molar-refractivity contribution in [3.8, 4) is 0 Å². The smallest absolute Gasteiger partial charge is 0.240 e. The zero-order valence-corrected chi connectivity index (χ0v) is 13.5. The summed E-state index contributed by atoms with van der Waals surface area (Å²) < 4.78 is 5.55. The molecule has 5 nitrogen and oxygen atoms in total. The van der Waals surface area contributed by atoms with Crippen molar-refractivity contribution in [2.24, 2.45) is 5.73 Å². The first-order valence-electron chi connectivity index (χ1n) is 7.57. The summed E-state index contributed by atoms with van der Waals surface area (Å²) in [4.78, 5) is 14.7. The van der Waals surface area contributed by atoms with Crippen molar-refractivity contribution >= 4 is 22.9 Å². The second-order valence-electron chi connectivity index (χ2n) is 5.65. The van der Waals surface area contributed by atoms with Gasteiger partial charge in [-0.15, -0.1) is 11.3 Å². The van der Waals surface area contributed by atoms with Crippen LogP contribution in [0.25, 0.3) is 0 Å². The minimum atomic E-state index is -0.678. The molecule has 0 bridgehead atoms. The zero-order valence-electron chi connectivity index (χ0n) is 12.7. The molecule has 1 amide bonds. The number of thiophene rings is 1. The highest BCUT2D eigenvalue weighted by atomic mass is 32.1. The lowest BCUT2D eigenvalue weighted by atomic mass is 10.1. The first-order valence-corrected chi connectivity index (χ1v) is 8.45. The molecule has 122 valence electrons. The first kappa shape index (κ1) is 16.0. The molecule has 0 radical (unpaired) electrons. The van der Waals surface area contributed by atoms with Crippen LogP contribution in [0.2, 0.25) is 0 Å². The van der Waals surface area contributed by atoms with Crippen LogP contribution in [0.5, 0.6) is 0 Å². The van der Waals surface area contributed by atoms with Gasteiger partial charge in [0.05, 0.1) is 19.3 Å². The molecule has 2 aromatic rings. The van der Waals surface area contributed by atoms with Crippen LogP contribution in [0, 0.1) is 0 Å². The Bertz CT molecular complexity index is 660. The van der Waals surface area contributed by atoms with E-state index in [1.54, 1.807) is 11.3 Å². The summed E-state index contributed by atoms with van der Waals surface area (Å²) in [5, 5.41) is 12.2. The molecule has 0 fully saturated rings. The van der Waals surface area contributed by atoms with Crippen LogP contribution in [-0.4, -0.2) is 36.3 Å². The summed E-state index contributed by atoms with van der Waals surface area (Å²) in [5.74, 6) is -0.368. The normalized spacial score (nSPS) is 18.0. The lowest BCUT2D eigenvalue weighted by Crippen LogP contribution is -2.46. The molecule has 23 heavy (non-hydrogen) atoms. The number of carbonyl (C=O) groups excluding carboxylic acids is 1. The number of fused-ring (bicyclic) bond motifs is 1. The Hall–Kier alpha value is -1.89. The largest absolute Gasteiger partial charge is 0.389 e. The standard InChI is InChI=1S/C17H20N2O3S/c18-17(21)16-8-12-4-1-2-6-15(12)19(16)9-13(20)10-22-11-14-5-3-7-23-14/h1-7,13,16,20H,8-11H2,(H2,18,21)/t13?,16-/m0/s1. The molecular weight excluding hydrogens is 312 g/mol. The van der Waals surface area contributed by atoms with Crippen LogP contribution in [0.4, 0.5) is 5.69 Å². The number of nitrogens with two attached hydrogens (primary N) is 1. The number of rotatable bonds is 7. The van der Waals surface area contributed by atoms with Crippen molar-refractivity contribution in [3.05, 3.63) is 52.2 Å². The molecule has 1 aromatic heterocycles. The van der Waals surface area contributed by atoms with Crippen LogP contribution >= 0.6 is 11.3 Å². The Kier molecular flexibility index (Phi) is 4.95. The van der Waals surface area contributed by atoms with Crippen molar-refractivity contribution in [1.29, 1.82) is 0 Å². The van der Waals surface area contributed by atoms with Crippen LogP contribution in [0.15, 0.2) is 41.8 Å². The van der Waals surface area contributed by atoms with Crippen LogP contribution in [0.1, 0.15) is 10.4 Å². The fraction of sp³-hybridized carbons (Fsp3) is 0.353. The summed E-state index contributed by atoms with van der Waals surface area (Å²) in [6, 6.07) is 11.4. The van der Waals surface area contributed by atoms with Gasteiger partial charge in [0, 0.05) is 23.5 Å². The molecule has 0 saturated carbocycles. The fourth-order valence-corrected chi connectivity index (χ4v) is 3.54. The highest BCUT2D eigenvalue weighted by Crippen LogP contribution is 2.31. The second kappa shape index (κ2) is 7.12. The maximum Gasteiger partial charge on any atom is 0.240 e. The van der Waals surface area contributed by atoms with E-state index in [-0.39, 0.29) is 12.5 Å². The van der Waals surface area contributed by atoms with Gasteiger partial charge < -0.3 is 20.5 Å². The monoisotopic (exact) mass is 332 g/mol. The number of hydrogen-bond acceptors (Lipinski definition) is 5. The molecule has 3 N–H and O–H groups in total. The number of primary amides is 1. The Balaban J connectivity index is 1.59. The third-order valence-corrected chi connectivity index (χ3v) is 4.81. The summed E-state index contributed by atoms with van der Waals surface area (Å²) in [5.41, 5.74) is 7.57. The number of para-hydroxylation sites is 1. The summed E-state index contributed by atoms with van der Waals surface area (Å²) in [6.45, 7) is 1.04. The quantitative estimate of drug-likeness (QED) is 0.806. The maximum absolute atomic E-state index is 11.7. The van der Waals surface area contributed by atoms with E-state index in [4.69, 9.17) is 10.5 Å². The average molecular weight is 332 g/mol. The Morgan fingerprint density at radius 2 is 2.22 bits per heavy atom. The molecule has 1 aliphatic rings. The van der Waals surface area contributed by atoms with Gasteiger partial charge in [-0.05, 0) is 23.1 Å². The Morgan fingerprint density at radius 1 is 1.39 bits per heavy atom. The van der Waals surface area contributed by atoms with E-state index >= 15 is 0 Å². The van der Waals surface area contributed by atoms with E-state index in [1.807, 2.05) is 46.7 Å². The molecule has 0 saturated heterocycles. The maximum atomic E-state index is 11.7. The summed E-state index contributed by atoms with van der Waals surface area (Å²) >= 11 is 1.62. The van der Waals surface area contributed by atoms with Crippen molar-refractivity contribution in [2.45, 2.75) is 25.2 Å². The van der Waals surface area contributed by atoms with E-state index in [2.05, 4.69) is 0 Å². The van der Waals surface area contributed by atoms with Crippen molar-refractivity contribution < 1.29 is 14.6 Å². The number of ether oxygens (including phenoxy) is 1. The minimum Gasteiger partial charge on any atom is -0.389 e. The van der Waals surface area contributed by atoms with Crippen LogP contribution in [-0.2, 0) is 22.6 Å².